The summed E-state index contributed by atoms with van der Waals surface area (Å²) in [5.74, 6) is 1.33. The van der Waals surface area contributed by atoms with Gasteiger partial charge in [-0.15, -0.1) is 0 Å². The van der Waals surface area contributed by atoms with Crippen LogP contribution in [0.1, 0.15) is 44.5 Å². The number of carbonyl (C=O) groups is 1. The SMILES string of the molecule is CCc1nc2ccccc2n1CC(=O)Nc1ccccc1[C@@H](C)CC. The van der Waals surface area contributed by atoms with Crippen molar-refractivity contribution in [3.63, 3.8) is 0 Å². The average Bonchev–Trinajstić information content (AvgIpc) is 2.99. The van der Waals surface area contributed by atoms with Crippen molar-refractivity contribution in [1.29, 1.82) is 0 Å². The summed E-state index contributed by atoms with van der Waals surface area (Å²) in [6.07, 6.45) is 1.84. The Labute approximate surface area is 148 Å². The molecule has 25 heavy (non-hydrogen) atoms. The van der Waals surface area contributed by atoms with Crippen LogP contribution in [0.4, 0.5) is 5.69 Å². The van der Waals surface area contributed by atoms with E-state index in [0.29, 0.717) is 5.92 Å². The molecule has 1 heterocycles. The molecule has 1 atom stereocenters. The van der Waals surface area contributed by atoms with E-state index in [2.05, 4.69) is 37.1 Å². The fourth-order valence-electron chi connectivity index (χ4n) is 3.17. The summed E-state index contributed by atoms with van der Waals surface area (Å²) in [7, 11) is 0. The zero-order chi connectivity index (χ0) is 17.8. The molecule has 0 saturated carbocycles. The lowest BCUT2D eigenvalue weighted by atomic mass is 9.97. The molecule has 3 rings (SSSR count). The molecule has 1 amide bonds. The summed E-state index contributed by atoms with van der Waals surface area (Å²) >= 11 is 0. The van der Waals surface area contributed by atoms with Crippen LogP contribution in [0.3, 0.4) is 0 Å². The van der Waals surface area contributed by atoms with E-state index in [1.165, 1.54) is 5.56 Å². The van der Waals surface area contributed by atoms with E-state index in [9.17, 15) is 4.79 Å². The van der Waals surface area contributed by atoms with E-state index in [1.54, 1.807) is 0 Å². The molecule has 0 saturated heterocycles. The minimum Gasteiger partial charge on any atom is -0.324 e. The van der Waals surface area contributed by atoms with Crippen molar-refractivity contribution >= 4 is 22.6 Å². The number of aromatic nitrogens is 2. The molecule has 0 unspecified atom stereocenters. The van der Waals surface area contributed by atoms with Gasteiger partial charge >= 0.3 is 0 Å². The Hall–Kier alpha value is -2.62. The first-order chi connectivity index (χ1) is 12.1. The Morgan fingerprint density at radius 3 is 2.60 bits per heavy atom. The number of hydrogen-bond acceptors (Lipinski definition) is 2. The maximum absolute atomic E-state index is 12.7. The molecular formula is C21H25N3O. The lowest BCUT2D eigenvalue weighted by molar-refractivity contribution is -0.116. The van der Waals surface area contributed by atoms with Crippen molar-refractivity contribution in [2.75, 3.05) is 5.32 Å². The Kier molecular flexibility index (Phi) is 5.17. The number of fused-ring (bicyclic) bond motifs is 1. The van der Waals surface area contributed by atoms with Crippen LogP contribution in [-0.4, -0.2) is 15.5 Å². The number of carbonyl (C=O) groups excluding carboxylic acids is 1. The molecule has 0 aliphatic heterocycles. The number of rotatable bonds is 6. The topological polar surface area (TPSA) is 46.9 Å². The van der Waals surface area contributed by atoms with Gasteiger partial charge in [-0.3, -0.25) is 4.79 Å². The maximum atomic E-state index is 12.7. The van der Waals surface area contributed by atoms with Crippen molar-refractivity contribution in [1.82, 2.24) is 9.55 Å². The monoisotopic (exact) mass is 335 g/mol. The molecule has 3 aromatic rings. The van der Waals surface area contributed by atoms with Gasteiger partial charge in [0.25, 0.3) is 0 Å². The van der Waals surface area contributed by atoms with Gasteiger partial charge in [0.2, 0.25) is 5.91 Å². The molecule has 0 bridgehead atoms. The van der Waals surface area contributed by atoms with Crippen LogP contribution in [0.5, 0.6) is 0 Å². The van der Waals surface area contributed by atoms with Gasteiger partial charge in [-0.25, -0.2) is 4.98 Å². The second-order valence-corrected chi connectivity index (χ2v) is 6.40. The molecule has 0 radical (unpaired) electrons. The third-order valence-corrected chi connectivity index (χ3v) is 4.73. The van der Waals surface area contributed by atoms with Crippen LogP contribution in [0.2, 0.25) is 0 Å². The van der Waals surface area contributed by atoms with Crippen LogP contribution in [-0.2, 0) is 17.8 Å². The van der Waals surface area contributed by atoms with E-state index in [4.69, 9.17) is 0 Å². The van der Waals surface area contributed by atoms with Crippen molar-refractivity contribution < 1.29 is 4.79 Å². The Balaban J connectivity index is 1.85. The molecule has 4 nitrogen and oxygen atoms in total. The first-order valence-electron chi connectivity index (χ1n) is 8.97. The molecular weight excluding hydrogens is 310 g/mol. The number of amides is 1. The molecule has 0 fully saturated rings. The molecule has 1 aromatic heterocycles. The number of nitrogens with zero attached hydrogens (tertiary/aromatic N) is 2. The summed E-state index contributed by atoms with van der Waals surface area (Å²) in [4.78, 5) is 17.3. The van der Waals surface area contributed by atoms with Crippen LogP contribution in [0.25, 0.3) is 11.0 Å². The van der Waals surface area contributed by atoms with Crippen LogP contribution in [0.15, 0.2) is 48.5 Å². The quantitative estimate of drug-likeness (QED) is 0.706. The second kappa shape index (κ2) is 7.51. The molecule has 2 aromatic carbocycles. The number of nitrogens with one attached hydrogen (secondary N) is 1. The van der Waals surface area contributed by atoms with Crippen molar-refractivity contribution in [3.05, 3.63) is 59.9 Å². The average molecular weight is 335 g/mol. The van der Waals surface area contributed by atoms with Gasteiger partial charge in [0.05, 0.1) is 11.0 Å². The van der Waals surface area contributed by atoms with E-state index in [0.717, 1.165) is 35.4 Å². The highest BCUT2D eigenvalue weighted by Gasteiger charge is 2.14. The second-order valence-electron chi connectivity index (χ2n) is 6.40. The number of aryl methyl sites for hydroxylation is 1. The molecule has 130 valence electrons. The van der Waals surface area contributed by atoms with Crippen molar-refractivity contribution in [3.8, 4) is 0 Å². The van der Waals surface area contributed by atoms with E-state index >= 15 is 0 Å². The summed E-state index contributed by atoms with van der Waals surface area (Å²) in [5.41, 5.74) is 4.03. The van der Waals surface area contributed by atoms with Crippen LogP contribution < -0.4 is 5.32 Å². The first kappa shape index (κ1) is 17.2. The van der Waals surface area contributed by atoms with Crippen molar-refractivity contribution in [2.24, 2.45) is 0 Å². The highest BCUT2D eigenvalue weighted by atomic mass is 16.1. The van der Waals surface area contributed by atoms with Gasteiger partial charge in [0.15, 0.2) is 0 Å². The Morgan fingerprint density at radius 2 is 1.84 bits per heavy atom. The minimum absolute atomic E-state index is 0.0198. The van der Waals surface area contributed by atoms with Gasteiger partial charge in [-0.1, -0.05) is 51.1 Å². The Morgan fingerprint density at radius 1 is 1.12 bits per heavy atom. The van der Waals surface area contributed by atoms with E-state index in [-0.39, 0.29) is 12.5 Å². The van der Waals surface area contributed by atoms with Gasteiger partial charge in [-0.05, 0) is 36.1 Å². The molecule has 0 aliphatic rings. The zero-order valence-corrected chi connectivity index (χ0v) is 15.1. The van der Waals surface area contributed by atoms with Gasteiger partial charge in [-0.2, -0.15) is 0 Å². The third kappa shape index (κ3) is 3.58. The molecule has 0 aliphatic carbocycles. The number of benzene rings is 2. The van der Waals surface area contributed by atoms with Crippen LogP contribution >= 0.6 is 0 Å². The lowest BCUT2D eigenvalue weighted by Crippen LogP contribution is -2.21. The Bertz CT molecular complexity index is 882. The lowest BCUT2D eigenvalue weighted by Gasteiger charge is -2.16. The smallest absolute Gasteiger partial charge is 0.244 e. The largest absolute Gasteiger partial charge is 0.324 e. The van der Waals surface area contributed by atoms with Crippen LogP contribution in [0, 0.1) is 0 Å². The van der Waals surface area contributed by atoms with Gasteiger partial charge < -0.3 is 9.88 Å². The number of imidazole rings is 1. The van der Waals surface area contributed by atoms with Gasteiger partial charge in [0, 0.05) is 12.1 Å². The summed E-state index contributed by atoms with van der Waals surface area (Å²) in [6.45, 7) is 6.68. The molecule has 4 heteroatoms. The van der Waals surface area contributed by atoms with E-state index in [1.807, 2.05) is 47.0 Å². The fourth-order valence-corrected chi connectivity index (χ4v) is 3.17. The summed E-state index contributed by atoms with van der Waals surface area (Å²) in [5, 5.41) is 3.09. The molecule has 1 N–H and O–H groups in total. The van der Waals surface area contributed by atoms with E-state index < -0.39 is 0 Å². The van der Waals surface area contributed by atoms with Crippen molar-refractivity contribution in [2.45, 2.75) is 46.1 Å². The summed E-state index contributed by atoms with van der Waals surface area (Å²) in [6, 6.07) is 16.0. The minimum atomic E-state index is -0.0198. The highest BCUT2D eigenvalue weighted by Crippen LogP contribution is 2.26. The van der Waals surface area contributed by atoms with Gasteiger partial charge in [0.1, 0.15) is 12.4 Å². The number of hydrogen-bond donors (Lipinski definition) is 1. The number of anilines is 1. The third-order valence-electron chi connectivity index (χ3n) is 4.73. The highest BCUT2D eigenvalue weighted by molar-refractivity contribution is 5.92. The normalized spacial score (nSPS) is 12.3. The fraction of sp³-hybridized carbons (Fsp3) is 0.333. The number of para-hydroxylation sites is 3. The maximum Gasteiger partial charge on any atom is 0.244 e. The predicted octanol–water partition coefficient (Wildman–Crippen LogP) is 4.75. The zero-order valence-electron chi connectivity index (χ0n) is 15.1. The standard InChI is InChI=1S/C21H25N3O/c1-4-15(3)16-10-6-7-11-17(16)23-21(25)14-24-19-13-9-8-12-18(19)22-20(24)5-2/h6-13,15H,4-5,14H2,1-3H3,(H,23,25)/t15-/m0/s1. The molecule has 0 spiro atoms. The summed E-state index contributed by atoms with van der Waals surface area (Å²) < 4.78 is 2.01. The first-order valence-corrected chi connectivity index (χ1v) is 8.97. The predicted molar refractivity (Wildman–Crippen MR) is 103 cm³/mol.